The molecule has 0 aliphatic rings. The summed E-state index contributed by atoms with van der Waals surface area (Å²) in [6, 6.07) is 4.39. The van der Waals surface area contributed by atoms with Crippen LogP contribution in [0.5, 0.6) is 5.75 Å². The molecule has 0 aliphatic carbocycles. The highest BCUT2D eigenvalue weighted by Gasteiger charge is 2.19. The Labute approximate surface area is 87.1 Å². The fourth-order valence-electron chi connectivity index (χ4n) is 1.65. The van der Waals surface area contributed by atoms with E-state index in [9.17, 15) is 13.5 Å². The van der Waals surface area contributed by atoms with Crippen LogP contribution in [0.3, 0.4) is 0 Å². The van der Waals surface area contributed by atoms with Crippen molar-refractivity contribution in [1.29, 1.82) is 0 Å². The Hall–Kier alpha value is -1.49. The van der Waals surface area contributed by atoms with Gasteiger partial charge in [-0.1, -0.05) is 0 Å². The van der Waals surface area contributed by atoms with E-state index < -0.39 is 9.84 Å². The Balaban J connectivity index is 2.95. The summed E-state index contributed by atoms with van der Waals surface area (Å²) in [6.07, 6.45) is 1.12. The summed E-state index contributed by atoms with van der Waals surface area (Å²) in [5.74, 6) is 0.367. The van der Waals surface area contributed by atoms with Crippen molar-refractivity contribution in [2.45, 2.75) is 11.8 Å². The van der Waals surface area contributed by atoms with Gasteiger partial charge >= 0.3 is 0 Å². The lowest BCUT2D eigenvalue weighted by atomic mass is 10.2. The average molecular weight is 226 g/mol. The molecule has 0 atom stereocenters. The number of fused-ring (bicyclic) bond motifs is 1. The fraction of sp³-hybridized carbons (Fsp3) is 0.200. The fourth-order valence-corrected chi connectivity index (χ4v) is 2.77. The normalized spacial score (nSPS) is 12.1. The van der Waals surface area contributed by atoms with Gasteiger partial charge in [0, 0.05) is 11.6 Å². The van der Waals surface area contributed by atoms with Crippen molar-refractivity contribution in [1.82, 2.24) is 0 Å². The molecule has 0 fully saturated rings. The summed E-state index contributed by atoms with van der Waals surface area (Å²) in [7, 11) is -3.34. The number of rotatable bonds is 1. The van der Waals surface area contributed by atoms with Gasteiger partial charge < -0.3 is 9.52 Å². The monoisotopic (exact) mass is 226 g/mol. The van der Waals surface area contributed by atoms with Crippen molar-refractivity contribution in [3.05, 3.63) is 24.0 Å². The standard InChI is InChI=1S/C10H10O4S/c1-6-10(15(2,12)13)8-5-7(11)3-4-9(8)14-6/h3-5,11H,1-2H3. The third-order valence-corrected chi connectivity index (χ3v) is 3.41. The predicted octanol–water partition coefficient (Wildman–Crippen LogP) is 1.85. The number of phenols is 1. The van der Waals surface area contributed by atoms with Crippen LogP contribution in [0.4, 0.5) is 0 Å². The molecule has 2 rings (SSSR count). The number of hydrogen-bond donors (Lipinski definition) is 1. The van der Waals surface area contributed by atoms with Gasteiger partial charge in [0.1, 0.15) is 22.0 Å². The van der Waals surface area contributed by atoms with Gasteiger partial charge in [0.05, 0.1) is 0 Å². The van der Waals surface area contributed by atoms with Gasteiger partial charge in [-0.25, -0.2) is 8.42 Å². The SMILES string of the molecule is Cc1oc2ccc(O)cc2c1S(C)(=O)=O. The van der Waals surface area contributed by atoms with E-state index in [1.54, 1.807) is 13.0 Å². The molecule has 1 N–H and O–H groups in total. The number of aromatic hydroxyl groups is 1. The highest BCUT2D eigenvalue weighted by Crippen LogP contribution is 2.31. The maximum atomic E-state index is 11.5. The summed E-state index contributed by atoms with van der Waals surface area (Å²) < 4.78 is 28.3. The number of phenolic OH excluding ortho intramolecular Hbond substituents is 1. The van der Waals surface area contributed by atoms with Gasteiger partial charge in [0.25, 0.3) is 0 Å². The average Bonchev–Trinajstić information content (AvgIpc) is 2.38. The lowest BCUT2D eigenvalue weighted by Gasteiger charge is -1.95. The third kappa shape index (κ3) is 1.59. The van der Waals surface area contributed by atoms with Crippen LogP contribution in [0.25, 0.3) is 11.0 Å². The van der Waals surface area contributed by atoms with Gasteiger partial charge in [0.2, 0.25) is 0 Å². The molecule has 0 aliphatic heterocycles. The molecule has 0 saturated carbocycles. The second-order valence-corrected chi connectivity index (χ2v) is 5.39. The van der Waals surface area contributed by atoms with Crippen molar-refractivity contribution in [3.8, 4) is 5.75 Å². The first kappa shape index (κ1) is 10.0. The predicted molar refractivity (Wildman–Crippen MR) is 55.7 cm³/mol. The smallest absolute Gasteiger partial charge is 0.179 e. The van der Waals surface area contributed by atoms with E-state index in [1.165, 1.54) is 12.1 Å². The summed E-state index contributed by atoms with van der Waals surface area (Å²) in [6.45, 7) is 1.59. The van der Waals surface area contributed by atoms with Crippen molar-refractivity contribution in [2.75, 3.05) is 6.26 Å². The minimum atomic E-state index is -3.34. The van der Waals surface area contributed by atoms with Crippen molar-refractivity contribution >= 4 is 20.8 Å². The molecule has 80 valence electrons. The topological polar surface area (TPSA) is 67.5 Å². The molecule has 0 saturated heterocycles. The molecule has 15 heavy (non-hydrogen) atoms. The minimum absolute atomic E-state index is 0.0215. The zero-order valence-corrected chi connectivity index (χ0v) is 9.13. The Bertz CT molecular complexity index is 622. The van der Waals surface area contributed by atoms with Crippen LogP contribution in [0, 0.1) is 6.92 Å². The second kappa shape index (κ2) is 3.00. The van der Waals surface area contributed by atoms with Crippen molar-refractivity contribution in [2.24, 2.45) is 0 Å². The second-order valence-electron chi connectivity index (χ2n) is 3.44. The van der Waals surface area contributed by atoms with Crippen LogP contribution in [-0.2, 0) is 9.84 Å². The summed E-state index contributed by atoms with van der Waals surface area (Å²) in [5.41, 5.74) is 0.464. The molecule has 1 heterocycles. The van der Waals surface area contributed by atoms with Crippen LogP contribution in [-0.4, -0.2) is 19.8 Å². The molecule has 0 unspecified atom stereocenters. The van der Waals surface area contributed by atoms with Gasteiger partial charge in [-0.3, -0.25) is 0 Å². The molecular weight excluding hydrogens is 216 g/mol. The molecule has 0 amide bonds. The summed E-state index contributed by atoms with van der Waals surface area (Å²) in [5, 5.41) is 9.72. The number of hydrogen-bond acceptors (Lipinski definition) is 4. The first-order valence-electron chi connectivity index (χ1n) is 4.32. The summed E-state index contributed by atoms with van der Waals surface area (Å²) in [4.78, 5) is 0.147. The van der Waals surface area contributed by atoms with Gasteiger partial charge in [-0.15, -0.1) is 0 Å². The number of sulfone groups is 1. The first-order chi connectivity index (χ1) is 6.89. The van der Waals surface area contributed by atoms with Gasteiger partial charge in [-0.05, 0) is 25.1 Å². The molecular formula is C10H10O4S. The number of benzene rings is 1. The van der Waals surface area contributed by atoms with E-state index in [4.69, 9.17) is 4.42 Å². The number of furan rings is 1. The Kier molecular flexibility index (Phi) is 2.01. The Morgan fingerprint density at radius 1 is 1.33 bits per heavy atom. The molecule has 1 aromatic carbocycles. The van der Waals surface area contributed by atoms with Crippen LogP contribution in [0.1, 0.15) is 5.76 Å². The van der Waals surface area contributed by atoms with Crippen LogP contribution < -0.4 is 0 Å². The molecule has 0 radical (unpaired) electrons. The zero-order chi connectivity index (χ0) is 11.2. The van der Waals surface area contributed by atoms with E-state index in [-0.39, 0.29) is 10.6 Å². The zero-order valence-electron chi connectivity index (χ0n) is 8.31. The quantitative estimate of drug-likeness (QED) is 0.805. The molecule has 0 spiro atoms. The largest absolute Gasteiger partial charge is 0.508 e. The van der Waals surface area contributed by atoms with E-state index >= 15 is 0 Å². The Morgan fingerprint density at radius 3 is 2.60 bits per heavy atom. The van der Waals surface area contributed by atoms with Gasteiger partial charge in [0.15, 0.2) is 9.84 Å². The van der Waals surface area contributed by atoms with E-state index in [1.807, 2.05) is 0 Å². The number of aryl methyl sites for hydroxylation is 1. The molecule has 5 heteroatoms. The Morgan fingerprint density at radius 2 is 2.00 bits per heavy atom. The molecule has 2 aromatic rings. The minimum Gasteiger partial charge on any atom is -0.508 e. The van der Waals surface area contributed by atoms with Crippen LogP contribution in [0.15, 0.2) is 27.5 Å². The first-order valence-corrected chi connectivity index (χ1v) is 6.21. The lowest BCUT2D eigenvalue weighted by molar-refractivity contribution is 0.475. The third-order valence-electron chi connectivity index (χ3n) is 2.16. The van der Waals surface area contributed by atoms with Crippen LogP contribution in [0.2, 0.25) is 0 Å². The van der Waals surface area contributed by atoms with Crippen molar-refractivity contribution in [3.63, 3.8) is 0 Å². The van der Waals surface area contributed by atoms with Crippen LogP contribution >= 0.6 is 0 Å². The maximum absolute atomic E-state index is 11.5. The lowest BCUT2D eigenvalue weighted by Crippen LogP contribution is -1.97. The van der Waals surface area contributed by atoms with E-state index in [2.05, 4.69) is 0 Å². The molecule has 0 bridgehead atoms. The maximum Gasteiger partial charge on any atom is 0.179 e. The van der Waals surface area contributed by atoms with E-state index in [0.29, 0.717) is 16.7 Å². The summed E-state index contributed by atoms with van der Waals surface area (Å²) >= 11 is 0. The highest BCUT2D eigenvalue weighted by molar-refractivity contribution is 7.91. The van der Waals surface area contributed by atoms with E-state index in [0.717, 1.165) is 6.26 Å². The highest BCUT2D eigenvalue weighted by atomic mass is 32.2. The van der Waals surface area contributed by atoms with Gasteiger partial charge in [-0.2, -0.15) is 0 Å². The molecule has 4 nitrogen and oxygen atoms in total. The molecule has 1 aromatic heterocycles. The van der Waals surface area contributed by atoms with Crippen molar-refractivity contribution < 1.29 is 17.9 Å².